The van der Waals surface area contributed by atoms with E-state index in [1.807, 2.05) is 0 Å². The van der Waals surface area contributed by atoms with Crippen molar-refractivity contribution in [3.8, 4) is 0 Å². The molecule has 1 aromatic rings. The predicted octanol–water partition coefficient (Wildman–Crippen LogP) is 4.21. The molecule has 1 N–H and O–H groups in total. The summed E-state index contributed by atoms with van der Waals surface area (Å²) in [6.45, 7) is 0. The lowest BCUT2D eigenvalue weighted by Crippen LogP contribution is -2.43. The van der Waals surface area contributed by atoms with Crippen LogP contribution >= 0.6 is 15.9 Å². The van der Waals surface area contributed by atoms with Gasteiger partial charge in [0.25, 0.3) is 5.92 Å². The fourth-order valence-electron chi connectivity index (χ4n) is 3.33. The highest BCUT2D eigenvalue weighted by Gasteiger charge is 2.48. The quantitative estimate of drug-likeness (QED) is 0.854. The number of fused-ring (bicyclic) bond motifs is 2. The zero-order valence-electron chi connectivity index (χ0n) is 10.3. The monoisotopic (exact) mass is 333 g/mol. The Morgan fingerprint density at radius 2 is 1.79 bits per heavy atom. The molecule has 2 heterocycles. The van der Waals surface area contributed by atoms with Gasteiger partial charge in [-0.1, -0.05) is 6.07 Å². The summed E-state index contributed by atoms with van der Waals surface area (Å²) in [7, 11) is 0. The molecule has 1 aromatic carbocycles. The van der Waals surface area contributed by atoms with Crippen molar-refractivity contribution in [1.82, 2.24) is 5.32 Å². The molecule has 5 heteroatoms. The van der Waals surface area contributed by atoms with Crippen molar-refractivity contribution < 1.29 is 13.2 Å². The standard InChI is InChI=1S/C14H15BrF3N/c15-12-3-1-2-11(13(12)16)14(17,18)8-6-9-4-5-10(7-8)19-9/h1-3,8-10,19H,4-7H2. The molecule has 0 aromatic heterocycles. The molecule has 3 rings (SSSR count). The van der Waals surface area contributed by atoms with Crippen molar-refractivity contribution in [3.05, 3.63) is 34.1 Å². The molecule has 2 unspecified atom stereocenters. The summed E-state index contributed by atoms with van der Waals surface area (Å²) >= 11 is 2.98. The Morgan fingerprint density at radius 1 is 1.16 bits per heavy atom. The van der Waals surface area contributed by atoms with Gasteiger partial charge in [0, 0.05) is 18.0 Å². The van der Waals surface area contributed by atoms with Gasteiger partial charge < -0.3 is 5.32 Å². The van der Waals surface area contributed by atoms with E-state index in [1.165, 1.54) is 18.2 Å². The van der Waals surface area contributed by atoms with E-state index in [1.54, 1.807) is 0 Å². The maximum Gasteiger partial charge on any atom is 0.278 e. The molecule has 2 aliphatic heterocycles. The van der Waals surface area contributed by atoms with Crippen molar-refractivity contribution in [2.75, 3.05) is 0 Å². The van der Waals surface area contributed by atoms with Crippen LogP contribution in [0.15, 0.2) is 22.7 Å². The van der Waals surface area contributed by atoms with Crippen LogP contribution in [0, 0.1) is 11.7 Å². The van der Waals surface area contributed by atoms with Crippen molar-refractivity contribution in [1.29, 1.82) is 0 Å². The van der Waals surface area contributed by atoms with Crippen LogP contribution in [0.3, 0.4) is 0 Å². The average Bonchev–Trinajstić information content (AvgIpc) is 2.71. The first-order chi connectivity index (χ1) is 8.98. The average molecular weight is 334 g/mol. The Balaban J connectivity index is 1.91. The van der Waals surface area contributed by atoms with E-state index in [0.717, 1.165) is 12.8 Å². The first-order valence-electron chi connectivity index (χ1n) is 6.57. The lowest BCUT2D eigenvalue weighted by atomic mass is 9.83. The van der Waals surface area contributed by atoms with Crippen LogP contribution in [-0.4, -0.2) is 12.1 Å². The largest absolute Gasteiger partial charge is 0.311 e. The van der Waals surface area contributed by atoms with Crippen molar-refractivity contribution in [3.63, 3.8) is 0 Å². The van der Waals surface area contributed by atoms with Gasteiger partial charge in [0.1, 0.15) is 5.82 Å². The van der Waals surface area contributed by atoms with Crippen LogP contribution in [0.5, 0.6) is 0 Å². The van der Waals surface area contributed by atoms with Gasteiger partial charge in [-0.05, 0) is 53.7 Å². The fourth-order valence-corrected chi connectivity index (χ4v) is 3.70. The Morgan fingerprint density at radius 3 is 2.42 bits per heavy atom. The molecule has 2 saturated heterocycles. The summed E-state index contributed by atoms with van der Waals surface area (Å²) < 4.78 is 43.2. The summed E-state index contributed by atoms with van der Waals surface area (Å²) in [5, 5.41) is 3.33. The van der Waals surface area contributed by atoms with Crippen LogP contribution in [0.1, 0.15) is 31.2 Å². The van der Waals surface area contributed by atoms with E-state index in [-0.39, 0.29) is 16.6 Å². The fraction of sp³-hybridized carbons (Fsp3) is 0.571. The predicted molar refractivity (Wildman–Crippen MR) is 70.7 cm³/mol. The highest BCUT2D eigenvalue weighted by Crippen LogP contribution is 2.46. The molecule has 0 saturated carbocycles. The molecule has 19 heavy (non-hydrogen) atoms. The SMILES string of the molecule is Fc1c(Br)cccc1C(F)(F)C1CC2CCC(C1)N2. The lowest BCUT2D eigenvalue weighted by Gasteiger charge is -2.34. The van der Waals surface area contributed by atoms with E-state index in [2.05, 4.69) is 21.2 Å². The minimum atomic E-state index is -3.10. The van der Waals surface area contributed by atoms with E-state index in [9.17, 15) is 13.2 Å². The molecule has 0 spiro atoms. The Hall–Kier alpha value is -0.550. The van der Waals surface area contributed by atoms with Crippen LogP contribution < -0.4 is 5.32 Å². The maximum absolute atomic E-state index is 14.6. The molecule has 0 aliphatic carbocycles. The summed E-state index contributed by atoms with van der Waals surface area (Å²) in [5.41, 5.74) is -0.479. The zero-order valence-corrected chi connectivity index (χ0v) is 11.9. The smallest absolute Gasteiger partial charge is 0.278 e. The number of alkyl halides is 2. The highest BCUT2D eigenvalue weighted by atomic mass is 79.9. The topological polar surface area (TPSA) is 12.0 Å². The van der Waals surface area contributed by atoms with E-state index >= 15 is 0 Å². The maximum atomic E-state index is 14.6. The third kappa shape index (κ3) is 2.31. The Kier molecular flexibility index (Phi) is 3.38. The molecule has 2 atom stereocenters. The Bertz CT molecular complexity index is 480. The second-order valence-electron chi connectivity index (χ2n) is 5.53. The van der Waals surface area contributed by atoms with Crippen LogP contribution in [0.4, 0.5) is 13.2 Å². The number of piperidine rings is 1. The van der Waals surface area contributed by atoms with Crippen molar-refractivity contribution in [2.45, 2.75) is 43.7 Å². The summed E-state index contributed by atoms with van der Waals surface area (Å²) in [5.74, 6) is -4.70. The first-order valence-corrected chi connectivity index (χ1v) is 7.36. The Labute approximate surface area is 118 Å². The van der Waals surface area contributed by atoms with Gasteiger partial charge in [-0.2, -0.15) is 0 Å². The number of nitrogens with one attached hydrogen (secondary N) is 1. The van der Waals surface area contributed by atoms with Gasteiger partial charge in [0.05, 0.1) is 10.0 Å². The molecular weight excluding hydrogens is 319 g/mol. The molecule has 2 fully saturated rings. The summed E-state index contributed by atoms with van der Waals surface area (Å²) in [4.78, 5) is 0. The van der Waals surface area contributed by atoms with E-state index < -0.39 is 23.2 Å². The molecule has 0 amide bonds. The summed E-state index contributed by atoms with van der Waals surface area (Å²) in [6.07, 6.45) is 2.77. The normalized spacial score (nSPS) is 30.6. The van der Waals surface area contributed by atoms with Gasteiger partial charge in [0.2, 0.25) is 0 Å². The lowest BCUT2D eigenvalue weighted by molar-refractivity contribution is -0.0841. The summed E-state index contributed by atoms with van der Waals surface area (Å²) in [6, 6.07) is 4.45. The van der Waals surface area contributed by atoms with Gasteiger partial charge >= 0.3 is 0 Å². The minimum Gasteiger partial charge on any atom is -0.311 e. The third-order valence-corrected chi connectivity index (χ3v) is 4.91. The van der Waals surface area contributed by atoms with Gasteiger partial charge in [-0.15, -0.1) is 0 Å². The van der Waals surface area contributed by atoms with Gasteiger partial charge in [-0.3, -0.25) is 0 Å². The van der Waals surface area contributed by atoms with Crippen LogP contribution in [0.25, 0.3) is 0 Å². The van der Waals surface area contributed by atoms with Crippen molar-refractivity contribution >= 4 is 15.9 Å². The molecular formula is C14H15BrF3N. The molecule has 2 aliphatic rings. The van der Waals surface area contributed by atoms with Gasteiger partial charge in [0.15, 0.2) is 0 Å². The number of hydrogen-bond acceptors (Lipinski definition) is 1. The number of benzene rings is 1. The van der Waals surface area contributed by atoms with E-state index in [0.29, 0.717) is 12.8 Å². The third-order valence-electron chi connectivity index (χ3n) is 4.30. The van der Waals surface area contributed by atoms with Gasteiger partial charge in [-0.25, -0.2) is 13.2 Å². The highest BCUT2D eigenvalue weighted by molar-refractivity contribution is 9.10. The molecule has 0 radical (unpaired) electrons. The first kappa shape index (κ1) is 13.4. The zero-order chi connectivity index (χ0) is 13.6. The van der Waals surface area contributed by atoms with Crippen LogP contribution in [0.2, 0.25) is 0 Å². The second kappa shape index (κ2) is 4.77. The van der Waals surface area contributed by atoms with Crippen molar-refractivity contribution in [2.24, 2.45) is 5.92 Å². The van der Waals surface area contributed by atoms with Crippen LogP contribution in [-0.2, 0) is 5.92 Å². The minimum absolute atomic E-state index is 0.0987. The number of rotatable bonds is 2. The second-order valence-corrected chi connectivity index (χ2v) is 6.38. The molecule has 104 valence electrons. The molecule has 2 bridgehead atoms. The number of halogens is 4. The molecule has 1 nitrogen and oxygen atoms in total. The van der Waals surface area contributed by atoms with E-state index in [4.69, 9.17) is 0 Å². The number of hydrogen-bond donors (Lipinski definition) is 1.